The van der Waals surface area contributed by atoms with Gasteiger partial charge in [0.1, 0.15) is 10.3 Å². The summed E-state index contributed by atoms with van der Waals surface area (Å²) in [6, 6.07) is 3.58. The van der Waals surface area contributed by atoms with E-state index in [0.717, 1.165) is 10.3 Å². The van der Waals surface area contributed by atoms with E-state index < -0.39 is 0 Å². The Hall–Kier alpha value is -1.27. The molecule has 2 heterocycles. The zero-order valence-corrected chi connectivity index (χ0v) is 10.8. The van der Waals surface area contributed by atoms with E-state index in [1.54, 1.807) is 23.0 Å². The second-order valence-electron chi connectivity index (χ2n) is 3.09. The third kappa shape index (κ3) is 2.45. The van der Waals surface area contributed by atoms with Crippen LogP contribution in [-0.4, -0.2) is 15.9 Å². The van der Waals surface area contributed by atoms with E-state index in [-0.39, 0.29) is 5.91 Å². The second kappa shape index (κ2) is 4.71. The van der Waals surface area contributed by atoms with Crippen LogP contribution in [0, 0.1) is 6.92 Å². The van der Waals surface area contributed by atoms with E-state index in [1.807, 2.05) is 6.92 Å². The summed E-state index contributed by atoms with van der Waals surface area (Å²) < 4.78 is 0.747. The summed E-state index contributed by atoms with van der Waals surface area (Å²) in [5.74, 6) is -0.214. The van der Waals surface area contributed by atoms with E-state index in [0.29, 0.717) is 11.4 Å². The predicted molar refractivity (Wildman–Crippen MR) is 66.7 cm³/mol. The minimum Gasteiger partial charge on any atom is -0.319 e. The molecule has 0 unspecified atom stereocenters. The van der Waals surface area contributed by atoms with Gasteiger partial charge < -0.3 is 5.32 Å². The molecule has 0 aliphatic carbocycles. The average Bonchev–Trinajstić information content (AvgIpc) is 2.75. The molecule has 2 rings (SSSR count). The van der Waals surface area contributed by atoms with Crippen molar-refractivity contribution in [2.45, 2.75) is 6.92 Å². The van der Waals surface area contributed by atoms with Crippen LogP contribution in [0.1, 0.15) is 16.2 Å². The molecule has 16 heavy (non-hydrogen) atoms. The number of halogens is 1. The van der Waals surface area contributed by atoms with Gasteiger partial charge in [-0.25, -0.2) is 9.97 Å². The third-order valence-corrected chi connectivity index (χ3v) is 2.99. The minimum atomic E-state index is -0.214. The van der Waals surface area contributed by atoms with Crippen LogP contribution in [0.3, 0.4) is 0 Å². The van der Waals surface area contributed by atoms with E-state index in [2.05, 4.69) is 31.2 Å². The maximum atomic E-state index is 11.7. The number of aryl methyl sites for hydroxylation is 1. The van der Waals surface area contributed by atoms with Crippen molar-refractivity contribution in [3.63, 3.8) is 0 Å². The van der Waals surface area contributed by atoms with Crippen molar-refractivity contribution in [1.82, 2.24) is 9.97 Å². The van der Waals surface area contributed by atoms with Crippen LogP contribution in [0.5, 0.6) is 0 Å². The number of amides is 1. The number of carbonyl (C=O) groups is 1. The van der Waals surface area contributed by atoms with Crippen molar-refractivity contribution in [3.8, 4) is 0 Å². The number of nitrogens with zero attached hydrogens (tertiary/aromatic N) is 2. The van der Waals surface area contributed by atoms with Crippen molar-refractivity contribution in [2.24, 2.45) is 0 Å². The molecule has 1 N–H and O–H groups in total. The summed E-state index contributed by atoms with van der Waals surface area (Å²) >= 11 is 4.66. The van der Waals surface area contributed by atoms with Gasteiger partial charge >= 0.3 is 0 Å². The fraction of sp³-hybridized carbons (Fsp3) is 0.100. The number of anilines is 1. The summed E-state index contributed by atoms with van der Waals surface area (Å²) in [7, 11) is 0. The molecule has 0 saturated carbocycles. The molecule has 1 amide bonds. The third-order valence-electron chi connectivity index (χ3n) is 1.96. The van der Waals surface area contributed by atoms with Crippen molar-refractivity contribution in [1.29, 1.82) is 0 Å². The van der Waals surface area contributed by atoms with Gasteiger partial charge in [-0.2, -0.15) is 0 Å². The molecule has 6 heteroatoms. The lowest BCUT2D eigenvalue weighted by molar-refractivity contribution is 0.102. The van der Waals surface area contributed by atoms with Gasteiger partial charge in [-0.3, -0.25) is 4.79 Å². The van der Waals surface area contributed by atoms with Crippen molar-refractivity contribution < 1.29 is 4.79 Å². The van der Waals surface area contributed by atoms with Crippen LogP contribution in [0.2, 0.25) is 0 Å². The van der Waals surface area contributed by atoms with E-state index in [9.17, 15) is 4.79 Å². The normalized spacial score (nSPS) is 10.1. The molecule has 0 saturated heterocycles. The van der Waals surface area contributed by atoms with Crippen LogP contribution in [0.15, 0.2) is 27.6 Å². The van der Waals surface area contributed by atoms with Crippen molar-refractivity contribution in [2.75, 3.05) is 5.32 Å². The van der Waals surface area contributed by atoms with Crippen LogP contribution in [0.4, 0.5) is 5.69 Å². The Bertz CT molecular complexity index is 513. The van der Waals surface area contributed by atoms with Gasteiger partial charge in [0, 0.05) is 5.38 Å². The fourth-order valence-corrected chi connectivity index (χ4v) is 2.10. The maximum Gasteiger partial charge on any atom is 0.275 e. The van der Waals surface area contributed by atoms with E-state index >= 15 is 0 Å². The molecule has 0 atom stereocenters. The highest BCUT2D eigenvalue weighted by atomic mass is 79.9. The standard InChI is InChI=1S/C10H8BrN3OS/c1-6-7(2-3-9(11)13-6)14-10(15)8-4-16-5-12-8/h2-5H,1H3,(H,14,15). The molecule has 0 aromatic carbocycles. The number of pyridine rings is 1. The van der Waals surface area contributed by atoms with Gasteiger partial charge in [-0.05, 0) is 35.0 Å². The van der Waals surface area contributed by atoms with Crippen LogP contribution in [-0.2, 0) is 0 Å². The summed E-state index contributed by atoms with van der Waals surface area (Å²) in [6.07, 6.45) is 0. The number of hydrogen-bond donors (Lipinski definition) is 1. The first kappa shape index (κ1) is 11.2. The Balaban J connectivity index is 2.18. The number of thiazole rings is 1. The number of hydrogen-bond acceptors (Lipinski definition) is 4. The molecule has 0 aliphatic heterocycles. The highest BCUT2D eigenvalue weighted by Gasteiger charge is 2.09. The van der Waals surface area contributed by atoms with Gasteiger partial charge in [0.25, 0.3) is 5.91 Å². The van der Waals surface area contributed by atoms with Gasteiger partial charge in [0.15, 0.2) is 0 Å². The zero-order valence-electron chi connectivity index (χ0n) is 8.40. The average molecular weight is 298 g/mol. The van der Waals surface area contributed by atoms with Crippen molar-refractivity contribution in [3.05, 3.63) is 39.0 Å². The molecular formula is C10H8BrN3OS. The number of aromatic nitrogens is 2. The smallest absolute Gasteiger partial charge is 0.275 e. The second-order valence-corrected chi connectivity index (χ2v) is 4.63. The molecule has 82 valence electrons. The molecule has 2 aromatic rings. The SMILES string of the molecule is Cc1nc(Br)ccc1NC(=O)c1cscn1. The Morgan fingerprint density at radius 2 is 2.31 bits per heavy atom. The lowest BCUT2D eigenvalue weighted by atomic mass is 10.3. The van der Waals surface area contributed by atoms with E-state index in [4.69, 9.17) is 0 Å². The Labute approximate surface area is 105 Å². The number of carbonyl (C=O) groups excluding carboxylic acids is 1. The lowest BCUT2D eigenvalue weighted by Crippen LogP contribution is -2.13. The molecule has 0 radical (unpaired) electrons. The molecule has 0 aliphatic rings. The maximum absolute atomic E-state index is 11.7. The summed E-state index contributed by atoms with van der Waals surface area (Å²) in [5.41, 5.74) is 3.51. The quantitative estimate of drug-likeness (QED) is 0.867. The summed E-state index contributed by atoms with van der Waals surface area (Å²) in [5, 5.41) is 4.47. The lowest BCUT2D eigenvalue weighted by Gasteiger charge is -2.06. The Morgan fingerprint density at radius 1 is 1.50 bits per heavy atom. The summed E-state index contributed by atoms with van der Waals surface area (Å²) in [6.45, 7) is 1.83. The molecule has 2 aromatic heterocycles. The Kier molecular flexibility index (Phi) is 3.31. The number of nitrogens with one attached hydrogen (secondary N) is 1. The highest BCUT2D eigenvalue weighted by molar-refractivity contribution is 9.10. The molecule has 4 nitrogen and oxygen atoms in total. The Morgan fingerprint density at radius 3 is 2.94 bits per heavy atom. The highest BCUT2D eigenvalue weighted by Crippen LogP contribution is 2.17. The predicted octanol–water partition coefficient (Wildman–Crippen LogP) is 2.86. The fourth-order valence-electron chi connectivity index (χ4n) is 1.17. The van der Waals surface area contributed by atoms with Gasteiger partial charge in [0.2, 0.25) is 0 Å². The van der Waals surface area contributed by atoms with Gasteiger partial charge in [-0.15, -0.1) is 11.3 Å². The largest absolute Gasteiger partial charge is 0.319 e. The van der Waals surface area contributed by atoms with Crippen LogP contribution >= 0.6 is 27.3 Å². The molecule has 0 bridgehead atoms. The minimum absolute atomic E-state index is 0.214. The van der Waals surface area contributed by atoms with Crippen LogP contribution < -0.4 is 5.32 Å². The summed E-state index contributed by atoms with van der Waals surface area (Å²) in [4.78, 5) is 19.8. The van der Waals surface area contributed by atoms with Gasteiger partial charge in [0.05, 0.1) is 16.9 Å². The first-order valence-electron chi connectivity index (χ1n) is 4.49. The van der Waals surface area contributed by atoms with E-state index in [1.165, 1.54) is 11.3 Å². The first-order valence-corrected chi connectivity index (χ1v) is 6.23. The van der Waals surface area contributed by atoms with Gasteiger partial charge in [-0.1, -0.05) is 0 Å². The zero-order chi connectivity index (χ0) is 11.5. The molecular weight excluding hydrogens is 290 g/mol. The van der Waals surface area contributed by atoms with Crippen LogP contribution in [0.25, 0.3) is 0 Å². The topological polar surface area (TPSA) is 54.9 Å². The number of rotatable bonds is 2. The monoisotopic (exact) mass is 297 g/mol. The molecule has 0 spiro atoms. The molecule has 0 fully saturated rings. The first-order chi connectivity index (χ1) is 7.66. The van der Waals surface area contributed by atoms with Crippen molar-refractivity contribution >= 4 is 38.9 Å².